The quantitative estimate of drug-likeness (QED) is 0.225. The third-order valence-electron chi connectivity index (χ3n) is 3.83. The molecule has 5 nitrogen and oxygen atoms in total. The van der Waals surface area contributed by atoms with Crippen molar-refractivity contribution in [2.75, 3.05) is 13.7 Å². The van der Waals surface area contributed by atoms with Crippen LogP contribution in [0, 0.1) is 5.82 Å². The molecule has 0 atom stereocenters. The van der Waals surface area contributed by atoms with E-state index in [1.54, 1.807) is 12.1 Å². The van der Waals surface area contributed by atoms with Crippen molar-refractivity contribution in [1.29, 1.82) is 0 Å². The number of guanidine groups is 1. The first-order valence-corrected chi connectivity index (χ1v) is 8.48. The van der Waals surface area contributed by atoms with E-state index in [1.165, 1.54) is 13.2 Å². The highest BCUT2D eigenvalue weighted by Crippen LogP contribution is 2.32. The summed E-state index contributed by atoms with van der Waals surface area (Å²) in [5.41, 5.74) is -0.439. The van der Waals surface area contributed by atoms with Crippen LogP contribution in [0.4, 0.5) is 17.6 Å². The van der Waals surface area contributed by atoms with Gasteiger partial charge in [-0.2, -0.15) is 13.2 Å². The van der Waals surface area contributed by atoms with Gasteiger partial charge in [0.25, 0.3) is 0 Å². The summed E-state index contributed by atoms with van der Waals surface area (Å²) in [5, 5.41) is 15.5. The minimum Gasteiger partial charge on any atom is -0.504 e. The second kappa shape index (κ2) is 11.1. The molecule has 0 aliphatic rings. The molecule has 0 bridgehead atoms. The first-order valence-electron chi connectivity index (χ1n) is 8.48. The highest BCUT2D eigenvalue weighted by atomic mass is 127. The molecule has 2 aromatic rings. The van der Waals surface area contributed by atoms with Gasteiger partial charge in [0.1, 0.15) is 5.82 Å². The van der Waals surface area contributed by atoms with Crippen LogP contribution in [-0.4, -0.2) is 24.7 Å². The summed E-state index contributed by atoms with van der Waals surface area (Å²) in [6.07, 6.45) is -4.66. The number of phenols is 1. The molecule has 10 heteroatoms. The molecule has 160 valence electrons. The van der Waals surface area contributed by atoms with Gasteiger partial charge in [0.2, 0.25) is 0 Å². The maximum absolute atomic E-state index is 13.2. The lowest BCUT2D eigenvalue weighted by Crippen LogP contribution is -2.37. The van der Waals surface area contributed by atoms with E-state index in [0.717, 1.165) is 12.1 Å². The van der Waals surface area contributed by atoms with Crippen molar-refractivity contribution in [3.63, 3.8) is 0 Å². The van der Waals surface area contributed by atoms with Crippen molar-refractivity contribution in [3.8, 4) is 11.5 Å². The fourth-order valence-corrected chi connectivity index (χ4v) is 2.49. The van der Waals surface area contributed by atoms with Crippen LogP contribution in [-0.2, 0) is 19.3 Å². The van der Waals surface area contributed by atoms with Crippen LogP contribution < -0.4 is 15.4 Å². The van der Waals surface area contributed by atoms with Crippen LogP contribution in [0.15, 0.2) is 41.4 Å². The molecule has 3 N–H and O–H groups in total. The highest BCUT2D eigenvalue weighted by Gasteiger charge is 2.33. The van der Waals surface area contributed by atoms with Gasteiger partial charge in [-0.15, -0.1) is 24.0 Å². The molecule has 0 fully saturated rings. The van der Waals surface area contributed by atoms with Gasteiger partial charge < -0.3 is 20.5 Å². The molecule has 0 aromatic heterocycles. The molecule has 0 saturated heterocycles. The molecule has 0 amide bonds. The van der Waals surface area contributed by atoms with E-state index in [4.69, 9.17) is 4.74 Å². The lowest BCUT2D eigenvalue weighted by Gasteiger charge is -2.16. The van der Waals surface area contributed by atoms with Gasteiger partial charge in [0.15, 0.2) is 17.5 Å². The van der Waals surface area contributed by atoms with Crippen LogP contribution >= 0.6 is 24.0 Å². The molecular weight excluding hydrogens is 505 g/mol. The summed E-state index contributed by atoms with van der Waals surface area (Å²) < 4.78 is 57.5. The molecule has 0 aliphatic carbocycles. The molecular formula is C19H22F4IN3O2. The Morgan fingerprint density at radius 2 is 1.86 bits per heavy atom. The molecule has 29 heavy (non-hydrogen) atoms. The minimum atomic E-state index is -4.66. The summed E-state index contributed by atoms with van der Waals surface area (Å²) in [6, 6.07) is 7.35. The molecule has 0 unspecified atom stereocenters. The minimum absolute atomic E-state index is 0. The van der Waals surface area contributed by atoms with E-state index < -0.39 is 17.6 Å². The van der Waals surface area contributed by atoms with Crippen LogP contribution in [0.1, 0.15) is 23.6 Å². The third-order valence-corrected chi connectivity index (χ3v) is 3.83. The smallest absolute Gasteiger partial charge is 0.416 e. The fraction of sp³-hybridized carbons (Fsp3) is 0.316. The Balaban J connectivity index is 0.00000420. The average Bonchev–Trinajstić information content (AvgIpc) is 2.64. The van der Waals surface area contributed by atoms with Gasteiger partial charge >= 0.3 is 6.18 Å². The lowest BCUT2D eigenvalue weighted by atomic mass is 10.1. The van der Waals surface area contributed by atoms with Crippen LogP contribution in [0.2, 0.25) is 0 Å². The number of benzene rings is 2. The summed E-state index contributed by atoms with van der Waals surface area (Å²) in [4.78, 5) is 4.29. The zero-order chi connectivity index (χ0) is 20.7. The number of nitrogens with one attached hydrogen (secondary N) is 2. The number of halogens is 5. The number of rotatable bonds is 6. The Morgan fingerprint density at radius 3 is 2.45 bits per heavy atom. The number of aliphatic imine (C=N–C) groups is 1. The topological polar surface area (TPSA) is 65.9 Å². The van der Waals surface area contributed by atoms with Crippen molar-refractivity contribution in [2.24, 2.45) is 4.99 Å². The molecule has 0 heterocycles. The summed E-state index contributed by atoms with van der Waals surface area (Å²) >= 11 is 0. The molecule has 2 rings (SSSR count). The predicted octanol–water partition coefficient (Wildman–Crippen LogP) is 4.43. The van der Waals surface area contributed by atoms with Gasteiger partial charge in [-0.3, -0.25) is 0 Å². The van der Waals surface area contributed by atoms with Crippen molar-refractivity contribution >= 4 is 29.9 Å². The van der Waals surface area contributed by atoms with E-state index >= 15 is 0 Å². The van der Waals surface area contributed by atoms with Gasteiger partial charge in [0, 0.05) is 13.1 Å². The molecule has 0 aliphatic heterocycles. The first kappa shape index (κ1) is 24.8. The number of alkyl halides is 3. The van der Waals surface area contributed by atoms with E-state index in [9.17, 15) is 22.7 Å². The molecule has 0 saturated carbocycles. The van der Waals surface area contributed by atoms with Gasteiger partial charge in [-0.1, -0.05) is 12.1 Å². The maximum Gasteiger partial charge on any atom is 0.416 e. The highest BCUT2D eigenvalue weighted by molar-refractivity contribution is 14.0. The largest absolute Gasteiger partial charge is 0.504 e. The fourth-order valence-electron chi connectivity index (χ4n) is 2.49. The van der Waals surface area contributed by atoms with Crippen LogP contribution in [0.5, 0.6) is 11.5 Å². The van der Waals surface area contributed by atoms with E-state index in [1.807, 2.05) is 6.92 Å². The van der Waals surface area contributed by atoms with Gasteiger partial charge in [0.05, 0.1) is 19.2 Å². The Labute approximate surface area is 183 Å². The normalized spacial score (nSPS) is 11.6. The standard InChI is InChI=1S/C19H21F4N3O2.HI/c1-3-24-18(25-10-12-4-7-17(28-2)16(27)8-12)26-11-13-5-6-14(20)9-15(13)19(21,22)23;/h4-9,27H,3,10-11H2,1-2H3,(H2,24,25,26);1H. The van der Waals surface area contributed by atoms with Crippen molar-refractivity contribution in [2.45, 2.75) is 26.2 Å². The third kappa shape index (κ3) is 7.26. The second-order valence-electron chi connectivity index (χ2n) is 5.85. The molecule has 0 spiro atoms. The van der Waals surface area contributed by atoms with Crippen molar-refractivity contribution in [3.05, 3.63) is 58.9 Å². The lowest BCUT2D eigenvalue weighted by molar-refractivity contribution is -0.138. The number of hydrogen-bond acceptors (Lipinski definition) is 3. The van der Waals surface area contributed by atoms with Crippen LogP contribution in [0.25, 0.3) is 0 Å². The van der Waals surface area contributed by atoms with E-state index in [2.05, 4.69) is 15.6 Å². The van der Waals surface area contributed by atoms with E-state index in [-0.39, 0.29) is 54.3 Å². The Morgan fingerprint density at radius 1 is 1.14 bits per heavy atom. The number of phenolic OH excluding ortho intramolecular Hbond substituents is 1. The molecule has 2 aromatic carbocycles. The predicted molar refractivity (Wildman–Crippen MR) is 113 cm³/mol. The van der Waals surface area contributed by atoms with Gasteiger partial charge in [-0.25, -0.2) is 9.38 Å². The Bertz CT molecular complexity index is 845. The number of nitrogens with zero attached hydrogens (tertiary/aromatic N) is 1. The molecule has 0 radical (unpaired) electrons. The number of hydrogen-bond donors (Lipinski definition) is 3. The SMILES string of the molecule is CCNC(=NCc1ccc(OC)c(O)c1)NCc1ccc(F)cc1C(F)(F)F.I. The van der Waals surface area contributed by atoms with Crippen LogP contribution in [0.3, 0.4) is 0 Å². The summed E-state index contributed by atoms with van der Waals surface area (Å²) in [5.74, 6) is -0.366. The van der Waals surface area contributed by atoms with E-state index in [0.29, 0.717) is 23.9 Å². The van der Waals surface area contributed by atoms with Crippen molar-refractivity contribution in [1.82, 2.24) is 10.6 Å². The number of methoxy groups -OCH3 is 1. The average molecular weight is 527 g/mol. The first-order chi connectivity index (χ1) is 13.2. The monoisotopic (exact) mass is 527 g/mol. The summed E-state index contributed by atoms with van der Waals surface area (Å²) in [7, 11) is 1.44. The second-order valence-corrected chi connectivity index (χ2v) is 5.85. The zero-order valence-corrected chi connectivity index (χ0v) is 18.1. The summed E-state index contributed by atoms with van der Waals surface area (Å²) in [6.45, 7) is 2.31. The number of ether oxygens (including phenoxy) is 1. The van der Waals surface area contributed by atoms with Gasteiger partial charge in [-0.05, 0) is 42.3 Å². The Kier molecular flexibility index (Phi) is 9.47. The number of aromatic hydroxyl groups is 1. The zero-order valence-electron chi connectivity index (χ0n) is 15.8. The Hall–Kier alpha value is -2.24. The van der Waals surface area contributed by atoms with Crippen molar-refractivity contribution < 1.29 is 27.4 Å². The maximum atomic E-state index is 13.2.